The number of nitrogens with zero attached hydrogens (tertiary/aromatic N) is 6. The standard InChI is InChI=1S/C44H34N8O15S4/c1-2-67-38-21-34(33(44(53)54)20-37(38)51-50-36-16-11-26-17-29(68(55,56)57)14-15-30(26)43(36)52(50)51)47-46-27-12-9-24(39(18-27)69(58,59)60)7-8-25-10-13-28(19-40(25)70(61,62)63)48-49-23-45-35-22-41(71(64,65)66)31-5-3-4-6-32(31)42(35)49/h3-22,45,48H,2,23H2,1H3,(H,53,54)(H,55,56,57)(H,58,59,60)(H,61,62,63)(H,64,65,66). The third-order valence-corrected chi connectivity index (χ3v) is 15.0. The van der Waals surface area contributed by atoms with Gasteiger partial charge in [0.2, 0.25) is 0 Å². The molecule has 0 saturated carbocycles. The molecule has 0 aliphatic carbocycles. The number of hydrogen-bond donors (Lipinski definition) is 7. The molecule has 0 fully saturated rings. The van der Waals surface area contributed by atoms with Crippen LogP contribution in [0.15, 0.2) is 139 Å². The summed E-state index contributed by atoms with van der Waals surface area (Å²) >= 11 is 0. The van der Waals surface area contributed by atoms with Gasteiger partial charge < -0.3 is 15.2 Å². The number of ether oxygens (including phenoxy) is 1. The van der Waals surface area contributed by atoms with Crippen molar-refractivity contribution in [3.63, 3.8) is 0 Å². The van der Waals surface area contributed by atoms with Gasteiger partial charge in [0.1, 0.15) is 49.5 Å². The van der Waals surface area contributed by atoms with Gasteiger partial charge in [0.25, 0.3) is 40.5 Å². The van der Waals surface area contributed by atoms with Gasteiger partial charge in [-0.25, -0.2) is 4.79 Å². The lowest BCUT2D eigenvalue weighted by atomic mass is 10.1. The summed E-state index contributed by atoms with van der Waals surface area (Å²) in [6.45, 7) is 1.91. The number of carboxylic acid groups (broad SMARTS) is 1. The summed E-state index contributed by atoms with van der Waals surface area (Å²) in [6, 6.07) is 25.2. The highest BCUT2D eigenvalue weighted by Crippen LogP contribution is 2.43. The monoisotopic (exact) mass is 1040 g/mol. The van der Waals surface area contributed by atoms with Crippen LogP contribution in [-0.2, 0) is 40.5 Å². The molecule has 0 bridgehead atoms. The predicted octanol–water partition coefficient (Wildman–Crippen LogP) is 7.61. The Kier molecular flexibility index (Phi) is 11.0. The maximum absolute atomic E-state index is 12.7. The van der Waals surface area contributed by atoms with Crippen molar-refractivity contribution in [3.05, 3.63) is 126 Å². The summed E-state index contributed by atoms with van der Waals surface area (Å²) < 4.78 is 148. The van der Waals surface area contributed by atoms with Gasteiger partial charge in [0, 0.05) is 22.2 Å². The number of rotatable bonds is 14. The van der Waals surface area contributed by atoms with Gasteiger partial charge in [-0.05, 0) is 78.0 Å². The van der Waals surface area contributed by atoms with E-state index in [-0.39, 0.29) is 73.6 Å². The fourth-order valence-electron chi connectivity index (χ4n) is 8.39. The molecule has 2 aromatic heterocycles. The molecule has 0 saturated heterocycles. The van der Waals surface area contributed by atoms with E-state index in [1.807, 2.05) is 0 Å². The maximum Gasteiger partial charge on any atom is 0.338 e. The number of azo groups is 1. The van der Waals surface area contributed by atoms with Crippen molar-refractivity contribution >= 4 is 120 Å². The lowest BCUT2D eigenvalue weighted by Crippen LogP contribution is -2.29. The zero-order valence-electron chi connectivity index (χ0n) is 36.1. The fraction of sp³-hybridized carbons (Fsp3) is 0.0682. The molecule has 0 atom stereocenters. The Labute approximate surface area is 401 Å². The first-order valence-corrected chi connectivity index (χ1v) is 26.4. The van der Waals surface area contributed by atoms with Crippen LogP contribution in [0.5, 0.6) is 5.75 Å². The number of benzene rings is 7. The highest BCUT2D eigenvalue weighted by Gasteiger charge is 2.31. The number of fused-ring (bicyclic) bond motifs is 9. The number of aromatic nitrogens is 3. The molecule has 0 radical (unpaired) electrons. The zero-order valence-corrected chi connectivity index (χ0v) is 39.4. The molecule has 27 heteroatoms. The summed E-state index contributed by atoms with van der Waals surface area (Å²) in [4.78, 5) is 12.4. The number of hydrazine groups is 1. The Hall–Kier alpha value is -7.89. The van der Waals surface area contributed by atoms with Crippen LogP contribution in [0.2, 0.25) is 0 Å². The summed E-state index contributed by atoms with van der Waals surface area (Å²) in [5.41, 5.74) is 4.75. The normalized spacial score (nSPS) is 13.7. The van der Waals surface area contributed by atoms with Gasteiger partial charge in [-0.15, -0.1) is 19.2 Å². The largest absolute Gasteiger partial charge is 0.491 e. The number of nitrogens with one attached hydrogen (secondary N) is 2. The highest BCUT2D eigenvalue weighted by molar-refractivity contribution is 7.86. The van der Waals surface area contributed by atoms with Crippen molar-refractivity contribution in [2.45, 2.75) is 26.5 Å². The molecule has 0 spiro atoms. The van der Waals surface area contributed by atoms with Crippen LogP contribution in [0.4, 0.5) is 28.4 Å². The van der Waals surface area contributed by atoms with Gasteiger partial charge in [-0.1, -0.05) is 60.7 Å². The number of carbonyl (C=O) groups is 1. The van der Waals surface area contributed by atoms with E-state index in [0.29, 0.717) is 38.6 Å². The molecule has 364 valence electrons. The van der Waals surface area contributed by atoms with E-state index < -0.39 is 56.2 Å². The summed E-state index contributed by atoms with van der Waals surface area (Å²) in [5.74, 6) is -1.22. The Balaban J connectivity index is 0.943. The Morgan fingerprint density at radius 3 is 2.04 bits per heavy atom. The molecular formula is C44H34N8O15S4. The number of aromatic carboxylic acids is 1. The zero-order chi connectivity index (χ0) is 50.5. The predicted molar refractivity (Wildman–Crippen MR) is 258 cm³/mol. The minimum atomic E-state index is -5.00. The average molecular weight is 1040 g/mol. The third kappa shape index (κ3) is 8.44. The first-order valence-electron chi connectivity index (χ1n) is 20.6. The molecule has 9 aromatic rings. The lowest BCUT2D eigenvalue weighted by Gasteiger charge is -2.22. The third-order valence-electron chi connectivity index (χ3n) is 11.5. The molecule has 71 heavy (non-hydrogen) atoms. The number of carboxylic acids is 1. The van der Waals surface area contributed by atoms with Crippen molar-refractivity contribution in [2.24, 2.45) is 10.2 Å². The minimum Gasteiger partial charge on any atom is -0.491 e. The van der Waals surface area contributed by atoms with Gasteiger partial charge in [-0.2, -0.15) is 38.8 Å². The highest BCUT2D eigenvalue weighted by atomic mass is 32.2. The first kappa shape index (κ1) is 46.8. The van der Waals surface area contributed by atoms with Crippen LogP contribution in [0, 0.1) is 0 Å². The van der Waals surface area contributed by atoms with Gasteiger partial charge >= 0.3 is 5.97 Å². The van der Waals surface area contributed by atoms with Crippen LogP contribution in [-0.4, -0.2) is 90.3 Å². The molecule has 1 aliphatic heterocycles. The van der Waals surface area contributed by atoms with Crippen molar-refractivity contribution in [1.82, 2.24) is 14.1 Å². The van der Waals surface area contributed by atoms with Gasteiger partial charge in [0.15, 0.2) is 0 Å². The molecule has 7 aromatic carbocycles. The van der Waals surface area contributed by atoms with Crippen molar-refractivity contribution in [1.29, 1.82) is 0 Å². The second-order valence-corrected chi connectivity index (χ2v) is 21.5. The second-order valence-electron chi connectivity index (χ2n) is 15.9. The molecule has 1 aliphatic rings. The smallest absolute Gasteiger partial charge is 0.338 e. The van der Waals surface area contributed by atoms with Crippen molar-refractivity contribution in [2.75, 3.05) is 29.0 Å². The molecular weight excluding hydrogens is 1010 g/mol. The van der Waals surface area contributed by atoms with E-state index in [2.05, 4.69) is 21.0 Å². The molecule has 10 rings (SSSR count). The maximum atomic E-state index is 12.7. The Bertz CT molecular complexity index is 4280. The first-order chi connectivity index (χ1) is 33.5. The summed E-state index contributed by atoms with van der Waals surface area (Å²) in [7, 11) is -19.0. The molecule has 7 N–H and O–H groups in total. The Morgan fingerprint density at radius 2 is 1.38 bits per heavy atom. The van der Waals surface area contributed by atoms with Gasteiger partial charge in [0.05, 0.1) is 39.8 Å². The summed E-state index contributed by atoms with van der Waals surface area (Å²) in [6.07, 6.45) is 2.35. The van der Waals surface area contributed by atoms with Crippen LogP contribution in [0.1, 0.15) is 28.4 Å². The molecule has 0 unspecified atom stereocenters. The van der Waals surface area contributed by atoms with Gasteiger partial charge in [-0.3, -0.25) is 28.6 Å². The van der Waals surface area contributed by atoms with E-state index in [9.17, 15) is 61.8 Å². The summed E-state index contributed by atoms with van der Waals surface area (Å²) in [5, 5.41) is 24.9. The molecule has 23 nitrogen and oxygen atoms in total. The fourth-order valence-corrected chi connectivity index (χ4v) is 11.0. The average Bonchev–Trinajstić information content (AvgIpc) is 3.77. The van der Waals surface area contributed by atoms with Crippen molar-refractivity contribution < 1.29 is 66.5 Å². The van der Waals surface area contributed by atoms with E-state index in [1.165, 1.54) is 72.8 Å². The van der Waals surface area contributed by atoms with Crippen LogP contribution in [0.3, 0.4) is 0 Å². The number of hydrogen-bond acceptors (Lipinski definition) is 15. The van der Waals surface area contributed by atoms with E-state index >= 15 is 0 Å². The van der Waals surface area contributed by atoms with Crippen LogP contribution < -0.4 is 20.5 Å². The molecule has 3 heterocycles. The Morgan fingerprint density at radius 1 is 0.704 bits per heavy atom. The lowest BCUT2D eigenvalue weighted by molar-refractivity contribution is 0.0697. The van der Waals surface area contributed by atoms with E-state index in [0.717, 1.165) is 12.1 Å². The quantitative estimate of drug-likeness (QED) is 0.0313. The van der Waals surface area contributed by atoms with Crippen LogP contribution in [0.25, 0.3) is 50.4 Å². The SMILES string of the molecule is CCOc1cc(N=Nc2ccc(C=Cc3ccc(NN4CNc5cc(S(=O)(=O)O)c6ccccc6c54)cc3S(=O)(=O)O)c(S(=O)(=O)O)c2)c(C(=O)O)cc1-n1n2c3ccc4cc(S(=O)(=O)O)ccc4c3n12. The topological polar surface area (TPSA) is 330 Å². The molecule has 0 amide bonds. The van der Waals surface area contributed by atoms with Crippen molar-refractivity contribution in [3.8, 4) is 11.4 Å². The number of anilines is 3. The van der Waals surface area contributed by atoms with E-state index in [1.54, 1.807) is 62.4 Å². The second kappa shape index (κ2) is 16.6. The minimum absolute atomic E-state index is 0.0614. The van der Waals surface area contributed by atoms with E-state index in [4.69, 9.17) is 4.74 Å². The van der Waals surface area contributed by atoms with Crippen LogP contribution >= 0.6 is 0 Å².